The fourth-order valence-electron chi connectivity index (χ4n) is 2.25. The molecule has 2 aromatic rings. The first-order valence-corrected chi connectivity index (χ1v) is 7.34. The van der Waals surface area contributed by atoms with Crippen molar-refractivity contribution >= 4 is 17.5 Å². The van der Waals surface area contributed by atoms with Gasteiger partial charge in [0.2, 0.25) is 0 Å². The Balaban J connectivity index is 2.04. The summed E-state index contributed by atoms with van der Waals surface area (Å²) in [7, 11) is 3.80. The molecule has 5 heteroatoms. The van der Waals surface area contributed by atoms with Crippen molar-refractivity contribution in [2.75, 3.05) is 19.0 Å². The third kappa shape index (κ3) is 4.10. The number of rotatable bonds is 3. The maximum absolute atomic E-state index is 12.2. The normalized spacial score (nSPS) is 10.1. The average Bonchev–Trinajstić information content (AvgIpc) is 2.52. The molecule has 0 unspecified atom stereocenters. The van der Waals surface area contributed by atoms with Crippen molar-refractivity contribution in [1.82, 2.24) is 10.9 Å². The molecule has 0 fully saturated rings. The maximum Gasteiger partial charge on any atom is 0.269 e. The standard InChI is InChI=1S/C18H21N3O2/c1-12-8-9-16(13(2)10-12)18(23)20-19-17(22)14-6-5-7-15(11-14)21(3)4/h5-11H,1-4H3,(H,19,22)(H,20,23). The Morgan fingerprint density at radius 1 is 0.913 bits per heavy atom. The van der Waals surface area contributed by atoms with Crippen LogP contribution in [-0.4, -0.2) is 25.9 Å². The van der Waals surface area contributed by atoms with Crippen molar-refractivity contribution in [3.05, 3.63) is 64.7 Å². The molecule has 23 heavy (non-hydrogen) atoms. The van der Waals surface area contributed by atoms with E-state index in [0.29, 0.717) is 11.1 Å². The molecule has 0 saturated heterocycles. The lowest BCUT2D eigenvalue weighted by molar-refractivity contribution is 0.0846. The van der Waals surface area contributed by atoms with Crippen LogP contribution >= 0.6 is 0 Å². The van der Waals surface area contributed by atoms with Crippen LogP contribution in [0, 0.1) is 13.8 Å². The number of hydrogen-bond acceptors (Lipinski definition) is 3. The molecule has 0 radical (unpaired) electrons. The number of hydrazine groups is 1. The second kappa shape index (κ2) is 6.96. The monoisotopic (exact) mass is 311 g/mol. The summed E-state index contributed by atoms with van der Waals surface area (Å²) in [6.45, 7) is 3.83. The Kier molecular flexibility index (Phi) is 5.01. The van der Waals surface area contributed by atoms with Crippen molar-refractivity contribution in [2.45, 2.75) is 13.8 Å². The fourth-order valence-corrected chi connectivity index (χ4v) is 2.25. The minimum atomic E-state index is -0.355. The van der Waals surface area contributed by atoms with E-state index in [4.69, 9.17) is 0 Å². The number of hydrogen-bond donors (Lipinski definition) is 2. The van der Waals surface area contributed by atoms with Gasteiger partial charge in [-0.15, -0.1) is 0 Å². The largest absolute Gasteiger partial charge is 0.378 e. The number of amides is 2. The first-order valence-electron chi connectivity index (χ1n) is 7.34. The molecule has 5 nitrogen and oxygen atoms in total. The quantitative estimate of drug-likeness (QED) is 0.856. The van der Waals surface area contributed by atoms with Crippen molar-refractivity contribution in [3.8, 4) is 0 Å². The summed E-state index contributed by atoms with van der Waals surface area (Å²) < 4.78 is 0. The van der Waals surface area contributed by atoms with Gasteiger partial charge < -0.3 is 4.90 Å². The molecule has 0 aliphatic rings. The van der Waals surface area contributed by atoms with E-state index in [-0.39, 0.29) is 11.8 Å². The minimum Gasteiger partial charge on any atom is -0.378 e. The number of nitrogens with zero attached hydrogens (tertiary/aromatic N) is 1. The minimum absolute atomic E-state index is 0.334. The smallest absolute Gasteiger partial charge is 0.269 e. The average molecular weight is 311 g/mol. The highest BCUT2D eigenvalue weighted by Crippen LogP contribution is 2.13. The van der Waals surface area contributed by atoms with Crippen molar-refractivity contribution in [1.29, 1.82) is 0 Å². The summed E-state index contributed by atoms with van der Waals surface area (Å²) in [6.07, 6.45) is 0. The van der Waals surface area contributed by atoms with E-state index >= 15 is 0 Å². The summed E-state index contributed by atoms with van der Waals surface area (Å²) in [5.41, 5.74) is 8.79. The van der Waals surface area contributed by atoms with Gasteiger partial charge in [0.15, 0.2) is 0 Å². The van der Waals surface area contributed by atoms with Gasteiger partial charge in [-0.1, -0.05) is 23.8 Å². The first-order chi connectivity index (χ1) is 10.9. The Morgan fingerprint density at radius 3 is 2.26 bits per heavy atom. The van der Waals surface area contributed by atoms with Crippen LogP contribution < -0.4 is 15.8 Å². The van der Waals surface area contributed by atoms with Crippen LogP contribution in [0.1, 0.15) is 31.8 Å². The van der Waals surface area contributed by atoms with Crippen LogP contribution in [0.4, 0.5) is 5.69 Å². The molecule has 2 aromatic carbocycles. The highest BCUT2D eigenvalue weighted by molar-refractivity contribution is 6.00. The lowest BCUT2D eigenvalue weighted by Crippen LogP contribution is -2.41. The van der Waals surface area contributed by atoms with Crippen LogP contribution in [0.15, 0.2) is 42.5 Å². The Hall–Kier alpha value is -2.82. The van der Waals surface area contributed by atoms with Gasteiger partial charge in [0.25, 0.3) is 11.8 Å². The highest BCUT2D eigenvalue weighted by atomic mass is 16.2. The molecular weight excluding hydrogens is 290 g/mol. The van der Waals surface area contributed by atoms with E-state index < -0.39 is 0 Å². The third-order valence-corrected chi connectivity index (χ3v) is 3.54. The van der Waals surface area contributed by atoms with Gasteiger partial charge in [0, 0.05) is 30.9 Å². The molecular formula is C18H21N3O2. The van der Waals surface area contributed by atoms with Crippen LogP contribution in [0.25, 0.3) is 0 Å². The lowest BCUT2D eigenvalue weighted by atomic mass is 10.1. The molecule has 0 aromatic heterocycles. The summed E-state index contributed by atoms with van der Waals surface area (Å²) in [5, 5.41) is 0. The number of nitrogens with one attached hydrogen (secondary N) is 2. The zero-order valence-corrected chi connectivity index (χ0v) is 13.8. The zero-order valence-electron chi connectivity index (χ0n) is 13.8. The van der Waals surface area contributed by atoms with E-state index in [2.05, 4.69) is 10.9 Å². The first kappa shape index (κ1) is 16.5. The summed E-state index contributed by atoms with van der Waals surface area (Å²) in [4.78, 5) is 26.2. The summed E-state index contributed by atoms with van der Waals surface area (Å²) in [6, 6.07) is 12.7. The van der Waals surface area contributed by atoms with Crippen LogP contribution in [0.2, 0.25) is 0 Å². The van der Waals surface area contributed by atoms with Crippen LogP contribution in [0.3, 0.4) is 0 Å². The Labute approximate surface area is 136 Å². The van der Waals surface area contributed by atoms with Crippen molar-refractivity contribution < 1.29 is 9.59 Å². The van der Waals surface area contributed by atoms with E-state index in [1.165, 1.54) is 0 Å². The van der Waals surface area contributed by atoms with E-state index in [1.54, 1.807) is 24.3 Å². The third-order valence-electron chi connectivity index (χ3n) is 3.54. The predicted octanol–water partition coefficient (Wildman–Crippen LogP) is 2.44. The number of carbonyl (C=O) groups excluding carboxylic acids is 2. The van der Waals surface area contributed by atoms with Gasteiger partial charge in [0.05, 0.1) is 0 Å². The van der Waals surface area contributed by atoms with Crippen molar-refractivity contribution in [3.63, 3.8) is 0 Å². The number of benzene rings is 2. The highest BCUT2D eigenvalue weighted by Gasteiger charge is 2.11. The van der Waals surface area contributed by atoms with Crippen LogP contribution in [-0.2, 0) is 0 Å². The second-order valence-corrected chi connectivity index (χ2v) is 5.67. The van der Waals surface area contributed by atoms with Gasteiger partial charge in [-0.2, -0.15) is 0 Å². The SMILES string of the molecule is Cc1ccc(C(=O)NNC(=O)c2cccc(N(C)C)c2)c(C)c1. The summed E-state index contributed by atoms with van der Waals surface area (Å²) in [5.74, 6) is -0.688. The molecule has 0 heterocycles. The molecule has 0 bridgehead atoms. The fraction of sp³-hybridized carbons (Fsp3) is 0.222. The zero-order chi connectivity index (χ0) is 17.0. The number of carbonyl (C=O) groups is 2. The van der Waals surface area contributed by atoms with E-state index in [0.717, 1.165) is 16.8 Å². The van der Waals surface area contributed by atoms with E-state index in [9.17, 15) is 9.59 Å². The van der Waals surface area contributed by atoms with Gasteiger partial charge in [-0.3, -0.25) is 20.4 Å². The van der Waals surface area contributed by atoms with Gasteiger partial charge >= 0.3 is 0 Å². The second-order valence-electron chi connectivity index (χ2n) is 5.67. The Bertz CT molecular complexity index is 739. The maximum atomic E-state index is 12.2. The molecule has 0 atom stereocenters. The molecule has 2 rings (SSSR count). The molecule has 2 amide bonds. The van der Waals surface area contributed by atoms with Gasteiger partial charge in [-0.05, 0) is 43.7 Å². The van der Waals surface area contributed by atoms with Gasteiger partial charge in [-0.25, -0.2) is 0 Å². The molecule has 0 spiro atoms. The van der Waals surface area contributed by atoms with Crippen LogP contribution in [0.5, 0.6) is 0 Å². The number of anilines is 1. The lowest BCUT2D eigenvalue weighted by Gasteiger charge is -2.14. The molecule has 0 saturated carbocycles. The Morgan fingerprint density at radius 2 is 1.61 bits per heavy atom. The molecule has 120 valence electrons. The van der Waals surface area contributed by atoms with E-state index in [1.807, 2.05) is 51.0 Å². The van der Waals surface area contributed by atoms with Gasteiger partial charge in [0.1, 0.15) is 0 Å². The summed E-state index contributed by atoms with van der Waals surface area (Å²) >= 11 is 0. The molecule has 2 N–H and O–H groups in total. The molecule has 0 aliphatic heterocycles. The topological polar surface area (TPSA) is 61.4 Å². The number of aryl methyl sites for hydroxylation is 2. The molecule has 0 aliphatic carbocycles. The predicted molar refractivity (Wildman–Crippen MR) is 91.6 cm³/mol. The van der Waals surface area contributed by atoms with Crippen molar-refractivity contribution in [2.24, 2.45) is 0 Å².